The van der Waals surface area contributed by atoms with E-state index >= 15 is 0 Å². The Kier molecular flexibility index (Phi) is 10.8. The third-order valence-corrected chi connectivity index (χ3v) is 2.80. The summed E-state index contributed by atoms with van der Waals surface area (Å²) in [5, 5.41) is 5.63. The number of carbonyl (C=O) groups is 1. The van der Waals surface area contributed by atoms with E-state index in [0.29, 0.717) is 25.1 Å². The van der Waals surface area contributed by atoms with Gasteiger partial charge in [0.05, 0.1) is 6.54 Å². The van der Waals surface area contributed by atoms with E-state index in [9.17, 15) is 9.18 Å². The van der Waals surface area contributed by atoms with Crippen LogP contribution in [0.15, 0.2) is 24.3 Å². The Morgan fingerprint density at radius 1 is 1.29 bits per heavy atom. The first-order chi connectivity index (χ1) is 9.67. The smallest absolute Gasteiger partial charge is 0.233 e. The second-order valence-corrected chi connectivity index (χ2v) is 4.22. The van der Waals surface area contributed by atoms with Crippen molar-refractivity contribution in [3.8, 4) is 0 Å². The second-order valence-electron chi connectivity index (χ2n) is 4.22. The monoisotopic (exact) mass is 320 g/mol. The van der Waals surface area contributed by atoms with Gasteiger partial charge in [0.25, 0.3) is 0 Å². The van der Waals surface area contributed by atoms with Crippen LogP contribution in [-0.4, -0.2) is 46.1 Å². The molecule has 0 atom stereocenters. The zero-order valence-corrected chi connectivity index (χ0v) is 13.0. The van der Waals surface area contributed by atoms with E-state index in [-0.39, 0.29) is 37.0 Å². The highest BCUT2D eigenvalue weighted by molar-refractivity contribution is 5.85. The van der Waals surface area contributed by atoms with Gasteiger partial charge in [-0.1, -0.05) is 18.2 Å². The molecule has 7 heteroatoms. The van der Waals surface area contributed by atoms with E-state index in [1.54, 1.807) is 18.2 Å². The van der Waals surface area contributed by atoms with Gasteiger partial charge < -0.3 is 20.1 Å². The molecule has 0 fully saturated rings. The third-order valence-electron chi connectivity index (χ3n) is 2.80. The molecule has 1 amide bonds. The van der Waals surface area contributed by atoms with Crippen LogP contribution in [0.1, 0.15) is 5.56 Å². The van der Waals surface area contributed by atoms with E-state index in [4.69, 9.17) is 9.47 Å². The van der Waals surface area contributed by atoms with E-state index in [1.807, 2.05) is 0 Å². The summed E-state index contributed by atoms with van der Waals surface area (Å²) in [4.78, 5) is 11.5. The van der Waals surface area contributed by atoms with Crippen LogP contribution in [0, 0.1) is 5.82 Å². The van der Waals surface area contributed by atoms with E-state index in [2.05, 4.69) is 10.6 Å². The van der Waals surface area contributed by atoms with Crippen LogP contribution < -0.4 is 10.6 Å². The molecule has 0 aliphatic rings. The molecule has 0 spiro atoms. The molecule has 0 saturated carbocycles. The molecule has 21 heavy (non-hydrogen) atoms. The molecule has 0 saturated heterocycles. The van der Waals surface area contributed by atoms with Gasteiger partial charge in [0, 0.05) is 27.3 Å². The average Bonchev–Trinajstić information content (AvgIpc) is 2.46. The first-order valence-corrected chi connectivity index (χ1v) is 6.43. The third kappa shape index (κ3) is 7.96. The van der Waals surface area contributed by atoms with Crippen LogP contribution in [0.5, 0.6) is 0 Å². The molecule has 0 unspecified atom stereocenters. The van der Waals surface area contributed by atoms with Gasteiger partial charge in [0.15, 0.2) is 6.29 Å². The molecular weight excluding hydrogens is 299 g/mol. The Labute approximate surface area is 130 Å². The number of amides is 1. The lowest BCUT2D eigenvalue weighted by Gasteiger charge is -2.13. The number of hydrogen-bond donors (Lipinski definition) is 2. The van der Waals surface area contributed by atoms with Gasteiger partial charge in [0.1, 0.15) is 5.82 Å². The van der Waals surface area contributed by atoms with Crippen molar-refractivity contribution < 1.29 is 18.7 Å². The van der Waals surface area contributed by atoms with Crippen molar-refractivity contribution in [2.45, 2.75) is 12.7 Å². The highest BCUT2D eigenvalue weighted by Crippen LogP contribution is 2.05. The van der Waals surface area contributed by atoms with Crippen molar-refractivity contribution in [1.29, 1.82) is 0 Å². The Balaban J connectivity index is 0.00000400. The Hall–Kier alpha value is -1.21. The summed E-state index contributed by atoms with van der Waals surface area (Å²) in [7, 11) is 3.06. The van der Waals surface area contributed by atoms with Crippen LogP contribution >= 0.6 is 12.4 Å². The second kappa shape index (κ2) is 11.4. The van der Waals surface area contributed by atoms with Crippen molar-refractivity contribution in [3.05, 3.63) is 35.6 Å². The van der Waals surface area contributed by atoms with Crippen LogP contribution in [0.2, 0.25) is 0 Å². The van der Waals surface area contributed by atoms with Crippen molar-refractivity contribution in [3.63, 3.8) is 0 Å². The fourth-order valence-corrected chi connectivity index (χ4v) is 1.67. The fraction of sp³-hybridized carbons (Fsp3) is 0.500. The summed E-state index contributed by atoms with van der Waals surface area (Å²) >= 11 is 0. The number of ether oxygens (including phenoxy) is 2. The molecule has 2 N–H and O–H groups in total. The molecule has 0 radical (unpaired) electrons. The van der Waals surface area contributed by atoms with Gasteiger partial charge in [-0.05, 0) is 18.1 Å². The average molecular weight is 321 g/mol. The lowest BCUT2D eigenvalue weighted by atomic mass is 10.1. The molecule has 1 rings (SSSR count). The minimum absolute atomic E-state index is 0. The maximum atomic E-state index is 13.3. The zero-order chi connectivity index (χ0) is 14.8. The highest BCUT2D eigenvalue weighted by atomic mass is 35.5. The summed E-state index contributed by atoms with van der Waals surface area (Å²) in [6.07, 6.45) is 0.0955. The topological polar surface area (TPSA) is 59.6 Å². The number of rotatable bonds is 9. The largest absolute Gasteiger partial charge is 0.355 e. The molecule has 1 aromatic rings. The van der Waals surface area contributed by atoms with Gasteiger partial charge >= 0.3 is 0 Å². The molecule has 0 aliphatic heterocycles. The predicted octanol–water partition coefficient (Wildman–Crippen LogP) is 1.11. The summed E-state index contributed by atoms with van der Waals surface area (Å²) in [5.41, 5.74) is 0.597. The van der Waals surface area contributed by atoms with Gasteiger partial charge in [0.2, 0.25) is 5.91 Å². The van der Waals surface area contributed by atoms with Gasteiger partial charge in [-0.2, -0.15) is 0 Å². The van der Waals surface area contributed by atoms with Crippen molar-refractivity contribution in [2.24, 2.45) is 0 Å². The number of hydrogen-bond acceptors (Lipinski definition) is 4. The summed E-state index contributed by atoms with van der Waals surface area (Å²) in [5.74, 6) is -0.393. The van der Waals surface area contributed by atoms with E-state index < -0.39 is 0 Å². The summed E-state index contributed by atoms with van der Waals surface area (Å²) < 4.78 is 23.3. The van der Waals surface area contributed by atoms with Crippen molar-refractivity contribution >= 4 is 18.3 Å². The maximum absolute atomic E-state index is 13.3. The summed E-state index contributed by atoms with van der Waals surface area (Å²) in [6, 6.07) is 6.54. The van der Waals surface area contributed by atoms with Crippen molar-refractivity contribution in [2.75, 3.05) is 33.9 Å². The first-order valence-electron chi connectivity index (χ1n) is 6.43. The maximum Gasteiger partial charge on any atom is 0.233 e. The molecular formula is C14H22ClFN2O3. The fourth-order valence-electron chi connectivity index (χ4n) is 1.67. The first kappa shape index (κ1) is 19.8. The van der Waals surface area contributed by atoms with E-state index in [1.165, 1.54) is 20.3 Å². The molecule has 0 aliphatic carbocycles. The minimum atomic E-state index is -0.374. The van der Waals surface area contributed by atoms with E-state index in [0.717, 1.165) is 0 Å². The lowest BCUT2D eigenvalue weighted by molar-refractivity contribution is -0.121. The molecule has 120 valence electrons. The molecule has 5 nitrogen and oxygen atoms in total. The van der Waals surface area contributed by atoms with Crippen molar-refractivity contribution in [1.82, 2.24) is 10.6 Å². The number of benzene rings is 1. The Bertz CT molecular complexity index is 417. The predicted molar refractivity (Wildman–Crippen MR) is 81.0 cm³/mol. The molecule has 0 bridgehead atoms. The van der Waals surface area contributed by atoms with Gasteiger partial charge in [-0.15, -0.1) is 12.4 Å². The van der Waals surface area contributed by atoms with Gasteiger partial charge in [-0.25, -0.2) is 4.39 Å². The summed E-state index contributed by atoms with van der Waals surface area (Å²) in [6.45, 7) is 0.994. The van der Waals surface area contributed by atoms with Crippen LogP contribution in [0.25, 0.3) is 0 Å². The highest BCUT2D eigenvalue weighted by Gasteiger charge is 2.06. The number of nitrogens with one attached hydrogen (secondary N) is 2. The number of halogens is 2. The lowest BCUT2D eigenvalue weighted by Crippen LogP contribution is -2.38. The normalized spacial score (nSPS) is 10.3. The SMILES string of the molecule is COC(CNCC(=O)NCCc1ccccc1F)OC.Cl. The Morgan fingerprint density at radius 3 is 2.57 bits per heavy atom. The minimum Gasteiger partial charge on any atom is -0.355 e. The number of methoxy groups -OCH3 is 2. The number of carbonyl (C=O) groups excluding carboxylic acids is 1. The quantitative estimate of drug-likeness (QED) is 0.669. The standard InChI is InChI=1S/C14H21FN2O3.ClH/c1-19-14(20-2)10-16-9-13(18)17-8-7-11-5-3-4-6-12(11)15;/h3-6,14,16H,7-10H2,1-2H3,(H,17,18);1H. The van der Waals surface area contributed by atoms with Crippen LogP contribution in [0.3, 0.4) is 0 Å². The zero-order valence-electron chi connectivity index (χ0n) is 12.2. The van der Waals surface area contributed by atoms with Crippen LogP contribution in [-0.2, 0) is 20.7 Å². The molecule has 0 heterocycles. The van der Waals surface area contributed by atoms with Crippen LogP contribution in [0.4, 0.5) is 4.39 Å². The molecule has 0 aromatic heterocycles. The Morgan fingerprint density at radius 2 is 1.95 bits per heavy atom. The van der Waals surface area contributed by atoms with Gasteiger partial charge in [-0.3, -0.25) is 4.79 Å². The molecule has 1 aromatic carbocycles.